The lowest BCUT2D eigenvalue weighted by Gasteiger charge is -2.33. The SMILES string of the molecule is N#C/C=C/C1CC(N/C=C(\C=N)c2cnc3ccccc3n2)C1. The number of hydrogen-bond acceptors (Lipinski definition) is 5. The van der Waals surface area contributed by atoms with Crippen LogP contribution in [0.3, 0.4) is 0 Å². The molecule has 0 saturated heterocycles. The molecule has 1 aliphatic carbocycles. The highest BCUT2D eigenvalue weighted by Crippen LogP contribution is 2.28. The van der Waals surface area contributed by atoms with E-state index in [0.717, 1.165) is 23.9 Å². The third kappa shape index (κ3) is 3.43. The average molecular weight is 303 g/mol. The van der Waals surface area contributed by atoms with E-state index >= 15 is 0 Å². The standard InChI is InChI=1S/C18H17N5/c19-7-3-4-13-8-15(9-13)21-11-14(10-20)18-12-22-16-5-1-2-6-17(16)23-18/h1-6,10-13,15,20-21H,8-9H2/b4-3+,14-11+,20-10?. The molecule has 0 radical (unpaired) electrons. The minimum absolute atomic E-state index is 0.381. The predicted molar refractivity (Wildman–Crippen MR) is 90.7 cm³/mol. The van der Waals surface area contributed by atoms with E-state index in [1.165, 1.54) is 6.21 Å². The van der Waals surface area contributed by atoms with Gasteiger partial charge in [-0.1, -0.05) is 18.2 Å². The van der Waals surface area contributed by atoms with E-state index in [1.54, 1.807) is 12.3 Å². The molecule has 3 rings (SSSR count). The summed E-state index contributed by atoms with van der Waals surface area (Å²) in [4.78, 5) is 8.94. The van der Waals surface area contributed by atoms with Crippen LogP contribution in [0.15, 0.2) is 48.8 Å². The first kappa shape index (κ1) is 14.9. The molecule has 1 aliphatic rings. The normalized spacial score (nSPS) is 20.9. The smallest absolute Gasteiger partial charge is 0.0922 e. The van der Waals surface area contributed by atoms with Crippen LogP contribution in [0.4, 0.5) is 0 Å². The summed E-state index contributed by atoms with van der Waals surface area (Å²) < 4.78 is 0. The van der Waals surface area contributed by atoms with Gasteiger partial charge < -0.3 is 10.7 Å². The highest BCUT2D eigenvalue weighted by atomic mass is 14.9. The maximum Gasteiger partial charge on any atom is 0.0922 e. The molecular weight excluding hydrogens is 286 g/mol. The number of nitriles is 1. The minimum Gasteiger partial charge on any atom is -0.388 e. The lowest BCUT2D eigenvalue weighted by atomic mass is 9.80. The zero-order valence-electron chi connectivity index (χ0n) is 12.6. The molecule has 0 aliphatic heterocycles. The highest BCUT2D eigenvalue weighted by Gasteiger charge is 2.26. The number of nitrogens with zero attached hydrogens (tertiary/aromatic N) is 3. The number of allylic oxidation sites excluding steroid dienone is 3. The number of benzene rings is 1. The van der Waals surface area contributed by atoms with E-state index in [4.69, 9.17) is 10.7 Å². The van der Waals surface area contributed by atoms with Crippen molar-refractivity contribution in [2.45, 2.75) is 18.9 Å². The molecular formula is C18H17N5. The van der Waals surface area contributed by atoms with Gasteiger partial charge in [0.15, 0.2) is 0 Å². The monoisotopic (exact) mass is 303 g/mol. The summed E-state index contributed by atoms with van der Waals surface area (Å²) in [6.45, 7) is 0. The molecule has 0 bridgehead atoms. The molecule has 2 aromatic rings. The van der Waals surface area contributed by atoms with Gasteiger partial charge in [-0.2, -0.15) is 5.26 Å². The van der Waals surface area contributed by atoms with Crippen LogP contribution in [-0.2, 0) is 0 Å². The van der Waals surface area contributed by atoms with Gasteiger partial charge in [-0.3, -0.25) is 4.98 Å². The van der Waals surface area contributed by atoms with Crippen LogP contribution in [0.5, 0.6) is 0 Å². The Kier molecular flexibility index (Phi) is 4.44. The Bertz CT molecular complexity index is 810. The van der Waals surface area contributed by atoms with Crippen LogP contribution in [0, 0.1) is 22.7 Å². The largest absolute Gasteiger partial charge is 0.388 e. The molecule has 0 unspecified atom stereocenters. The van der Waals surface area contributed by atoms with Crippen molar-refractivity contribution >= 4 is 22.8 Å². The van der Waals surface area contributed by atoms with Crippen LogP contribution < -0.4 is 5.32 Å². The molecule has 0 atom stereocenters. The molecule has 1 heterocycles. The molecule has 1 fully saturated rings. The van der Waals surface area contributed by atoms with Crippen LogP contribution in [0.1, 0.15) is 18.5 Å². The Morgan fingerprint density at radius 2 is 2.09 bits per heavy atom. The van der Waals surface area contributed by atoms with Crippen molar-refractivity contribution in [1.29, 1.82) is 10.7 Å². The van der Waals surface area contributed by atoms with Crippen LogP contribution in [0.2, 0.25) is 0 Å². The maximum absolute atomic E-state index is 8.51. The summed E-state index contributed by atoms with van der Waals surface area (Å²) in [5.74, 6) is 0.476. The van der Waals surface area contributed by atoms with Crippen LogP contribution in [-0.4, -0.2) is 22.2 Å². The molecule has 114 valence electrons. The van der Waals surface area contributed by atoms with E-state index in [2.05, 4.69) is 15.3 Å². The fourth-order valence-electron chi connectivity index (χ4n) is 2.63. The van der Waals surface area contributed by atoms with Crippen LogP contribution in [0.25, 0.3) is 16.6 Å². The summed E-state index contributed by atoms with van der Waals surface area (Å²) in [5.41, 5.74) is 3.06. The number of hydrogen-bond donors (Lipinski definition) is 2. The van der Waals surface area contributed by atoms with Gasteiger partial charge in [0.1, 0.15) is 0 Å². The van der Waals surface area contributed by atoms with E-state index < -0.39 is 0 Å². The molecule has 2 N–H and O–H groups in total. The second kappa shape index (κ2) is 6.84. The Morgan fingerprint density at radius 3 is 2.83 bits per heavy atom. The van der Waals surface area contributed by atoms with Crippen molar-refractivity contribution in [1.82, 2.24) is 15.3 Å². The zero-order chi connectivity index (χ0) is 16.1. The summed E-state index contributed by atoms with van der Waals surface area (Å²) in [6.07, 6.45) is 10.3. The quantitative estimate of drug-likeness (QED) is 0.656. The molecule has 1 saturated carbocycles. The molecule has 0 spiro atoms. The molecule has 5 heteroatoms. The van der Waals surface area contributed by atoms with Crippen molar-refractivity contribution in [3.8, 4) is 6.07 Å². The van der Waals surface area contributed by atoms with Crippen molar-refractivity contribution in [3.05, 3.63) is 54.5 Å². The summed E-state index contributed by atoms with van der Waals surface area (Å²) in [5, 5.41) is 19.4. The number of fused-ring (bicyclic) bond motifs is 1. The van der Waals surface area contributed by atoms with Crippen molar-refractivity contribution < 1.29 is 0 Å². The number of rotatable bonds is 5. The minimum atomic E-state index is 0.381. The first-order chi connectivity index (χ1) is 11.3. The van der Waals surface area contributed by atoms with Gasteiger partial charge in [0, 0.05) is 30.1 Å². The molecule has 1 aromatic carbocycles. The predicted octanol–water partition coefficient (Wildman–Crippen LogP) is 3.07. The Balaban J connectivity index is 1.68. The van der Waals surface area contributed by atoms with Crippen LogP contribution >= 0.6 is 0 Å². The Morgan fingerprint density at radius 1 is 1.30 bits per heavy atom. The lowest BCUT2D eigenvalue weighted by Crippen LogP contribution is -2.37. The van der Waals surface area contributed by atoms with Gasteiger partial charge >= 0.3 is 0 Å². The van der Waals surface area contributed by atoms with Gasteiger partial charge in [0.05, 0.1) is 29.0 Å². The fraction of sp³-hybridized carbons (Fsp3) is 0.222. The number of para-hydroxylation sites is 2. The number of aromatic nitrogens is 2. The maximum atomic E-state index is 8.51. The molecule has 5 nitrogen and oxygen atoms in total. The summed E-state index contributed by atoms with van der Waals surface area (Å²) >= 11 is 0. The second-order valence-electron chi connectivity index (χ2n) is 5.57. The van der Waals surface area contributed by atoms with E-state index in [0.29, 0.717) is 23.2 Å². The number of nitrogens with one attached hydrogen (secondary N) is 2. The average Bonchev–Trinajstić information content (AvgIpc) is 2.56. The van der Waals surface area contributed by atoms with Gasteiger partial charge in [0.25, 0.3) is 0 Å². The van der Waals surface area contributed by atoms with Gasteiger partial charge in [0.2, 0.25) is 0 Å². The second-order valence-corrected chi connectivity index (χ2v) is 5.57. The topological polar surface area (TPSA) is 85.5 Å². The molecule has 1 aromatic heterocycles. The first-order valence-corrected chi connectivity index (χ1v) is 7.55. The molecule has 0 amide bonds. The van der Waals surface area contributed by atoms with E-state index in [1.807, 2.05) is 42.6 Å². The highest BCUT2D eigenvalue weighted by molar-refractivity contribution is 6.07. The fourth-order valence-corrected chi connectivity index (χ4v) is 2.63. The van der Waals surface area contributed by atoms with Crippen molar-refractivity contribution in [2.75, 3.05) is 0 Å². The lowest BCUT2D eigenvalue weighted by molar-refractivity contribution is 0.291. The summed E-state index contributed by atoms with van der Waals surface area (Å²) in [6, 6.07) is 10.1. The first-order valence-electron chi connectivity index (χ1n) is 7.55. The Hall–Kier alpha value is -3.00. The summed E-state index contributed by atoms with van der Waals surface area (Å²) in [7, 11) is 0. The van der Waals surface area contributed by atoms with Gasteiger partial charge in [-0.05, 0) is 30.9 Å². The molecule has 23 heavy (non-hydrogen) atoms. The van der Waals surface area contributed by atoms with E-state index in [-0.39, 0.29) is 0 Å². The Labute approximate surface area is 134 Å². The van der Waals surface area contributed by atoms with Crippen molar-refractivity contribution in [2.24, 2.45) is 5.92 Å². The van der Waals surface area contributed by atoms with E-state index in [9.17, 15) is 0 Å². The third-order valence-corrected chi connectivity index (χ3v) is 3.99. The van der Waals surface area contributed by atoms with Crippen molar-refractivity contribution in [3.63, 3.8) is 0 Å². The third-order valence-electron chi connectivity index (χ3n) is 3.99. The zero-order valence-corrected chi connectivity index (χ0v) is 12.6. The van der Waals surface area contributed by atoms with Gasteiger partial charge in [-0.25, -0.2) is 4.98 Å². The van der Waals surface area contributed by atoms with Gasteiger partial charge in [-0.15, -0.1) is 0 Å².